The fourth-order valence-corrected chi connectivity index (χ4v) is 2.45. The number of pyridine rings is 1. The van der Waals surface area contributed by atoms with Gasteiger partial charge in [-0.3, -0.25) is 0 Å². The second-order valence-corrected chi connectivity index (χ2v) is 5.54. The molecule has 0 aliphatic heterocycles. The number of hydrogen-bond donors (Lipinski definition) is 1. The SMILES string of the molecule is CCCNc1nc2ccc(C(C)CC)cc2cc1CC. The summed E-state index contributed by atoms with van der Waals surface area (Å²) in [6, 6.07) is 8.98. The molecule has 1 N–H and O–H groups in total. The van der Waals surface area contributed by atoms with Crippen molar-refractivity contribution in [3.8, 4) is 0 Å². The molecular weight excluding hydrogens is 244 g/mol. The van der Waals surface area contributed by atoms with Gasteiger partial charge in [0.05, 0.1) is 5.52 Å². The minimum absolute atomic E-state index is 0.613. The van der Waals surface area contributed by atoms with Gasteiger partial charge in [0.2, 0.25) is 0 Å². The van der Waals surface area contributed by atoms with Gasteiger partial charge < -0.3 is 5.32 Å². The lowest BCUT2D eigenvalue weighted by Crippen LogP contribution is -2.05. The Kier molecular flexibility index (Phi) is 4.99. The highest BCUT2D eigenvalue weighted by molar-refractivity contribution is 5.82. The summed E-state index contributed by atoms with van der Waals surface area (Å²) >= 11 is 0. The highest BCUT2D eigenvalue weighted by Gasteiger charge is 2.08. The topological polar surface area (TPSA) is 24.9 Å². The molecule has 2 rings (SSSR count). The van der Waals surface area contributed by atoms with Crippen molar-refractivity contribution >= 4 is 16.7 Å². The first kappa shape index (κ1) is 14.8. The zero-order valence-corrected chi connectivity index (χ0v) is 13.2. The van der Waals surface area contributed by atoms with Crippen molar-refractivity contribution in [2.75, 3.05) is 11.9 Å². The number of hydrogen-bond acceptors (Lipinski definition) is 2. The Morgan fingerprint density at radius 1 is 1.15 bits per heavy atom. The molecule has 0 amide bonds. The maximum absolute atomic E-state index is 4.80. The summed E-state index contributed by atoms with van der Waals surface area (Å²) in [5.41, 5.74) is 3.82. The Morgan fingerprint density at radius 3 is 2.60 bits per heavy atom. The highest BCUT2D eigenvalue weighted by atomic mass is 15.0. The van der Waals surface area contributed by atoms with Crippen LogP contribution in [0.15, 0.2) is 24.3 Å². The lowest BCUT2D eigenvalue weighted by atomic mass is 9.96. The average molecular weight is 270 g/mol. The fourth-order valence-electron chi connectivity index (χ4n) is 2.45. The minimum atomic E-state index is 0.613. The van der Waals surface area contributed by atoms with Crippen LogP contribution in [0.25, 0.3) is 10.9 Å². The normalized spacial score (nSPS) is 12.6. The van der Waals surface area contributed by atoms with Crippen LogP contribution in [-0.4, -0.2) is 11.5 Å². The van der Waals surface area contributed by atoms with E-state index in [9.17, 15) is 0 Å². The molecule has 1 aromatic heterocycles. The lowest BCUT2D eigenvalue weighted by Gasteiger charge is -2.13. The van der Waals surface area contributed by atoms with E-state index in [0.717, 1.165) is 30.7 Å². The summed E-state index contributed by atoms with van der Waals surface area (Å²) in [4.78, 5) is 4.80. The van der Waals surface area contributed by atoms with Gasteiger partial charge in [0.1, 0.15) is 5.82 Å². The van der Waals surface area contributed by atoms with Crippen LogP contribution in [0.5, 0.6) is 0 Å². The summed E-state index contributed by atoms with van der Waals surface area (Å²) in [6.45, 7) is 9.88. The molecule has 0 saturated carbocycles. The van der Waals surface area contributed by atoms with Gasteiger partial charge in [-0.05, 0) is 54.5 Å². The number of anilines is 1. The number of aromatic nitrogens is 1. The van der Waals surface area contributed by atoms with E-state index >= 15 is 0 Å². The molecule has 2 nitrogen and oxygen atoms in total. The Balaban J connectivity index is 2.44. The number of rotatable bonds is 6. The van der Waals surface area contributed by atoms with Gasteiger partial charge in [0, 0.05) is 11.9 Å². The summed E-state index contributed by atoms with van der Waals surface area (Å²) in [6.07, 6.45) is 3.31. The maximum Gasteiger partial charge on any atom is 0.129 e. The molecule has 0 radical (unpaired) electrons. The Hall–Kier alpha value is -1.57. The third-order valence-electron chi connectivity index (χ3n) is 4.02. The third kappa shape index (κ3) is 3.12. The van der Waals surface area contributed by atoms with Crippen molar-refractivity contribution in [1.82, 2.24) is 4.98 Å². The van der Waals surface area contributed by atoms with Crippen LogP contribution in [0.1, 0.15) is 57.6 Å². The number of benzene rings is 1. The van der Waals surface area contributed by atoms with Crippen molar-refractivity contribution in [2.24, 2.45) is 0 Å². The summed E-state index contributed by atoms with van der Waals surface area (Å²) in [5, 5.41) is 4.71. The van der Waals surface area contributed by atoms with Gasteiger partial charge >= 0.3 is 0 Å². The summed E-state index contributed by atoms with van der Waals surface area (Å²) < 4.78 is 0. The molecule has 1 unspecified atom stereocenters. The molecule has 1 aromatic carbocycles. The highest BCUT2D eigenvalue weighted by Crippen LogP contribution is 2.26. The first-order valence-corrected chi connectivity index (χ1v) is 7.87. The van der Waals surface area contributed by atoms with E-state index in [0.29, 0.717) is 5.92 Å². The molecule has 0 aliphatic carbocycles. The van der Waals surface area contributed by atoms with E-state index in [1.54, 1.807) is 0 Å². The minimum Gasteiger partial charge on any atom is -0.370 e. The lowest BCUT2D eigenvalue weighted by molar-refractivity contribution is 0.734. The fraction of sp³-hybridized carbons (Fsp3) is 0.500. The van der Waals surface area contributed by atoms with Crippen molar-refractivity contribution < 1.29 is 0 Å². The molecule has 0 saturated heterocycles. The predicted octanol–water partition coefficient (Wildman–Crippen LogP) is 5.13. The van der Waals surface area contributed by atoms with E-state index in [1.165, 1.54) is 22.9 Å². The van der Waals surface area contributed by atoms with E-state index in [2.05, 4.69) is 57.3 Å². The Labute approximate surface area is 122 Å². The monoisotopic (exact) mass is 270 g/mol. The van der Waals surface area contributed by atoms with E-state index < -0.39 is 0 Å². The molecule has 0 bridgehead atoms. The second kappa shape index (κ2) is 6.74. The molecule has 20 heavy (non-hydrogen) atoms. The number of nitrogens with one attached hydrogen (secondary N) is 1. The summed E-state index contributed by atoms with van der Waals surface area (Å²) in [7, 11) is 0. The van der Waals surface area contributed by atoms with Crippen LogP contribution in [0.2, 0.25) is 0 Å². The van der Waals surface area contributed by atoms with Crippen molar-refractivity contribution in [3.05, 3.63) is 35.4 Å². The standard InChI is InChI=1S/C18H26N2/c1-5-10-19-18-14(7-3)11-16-12-15(13(4)6-2)8-9-17(16)20-18/h8-9,11-13H,5-7,10H2,1-4H3,(H,19,20). The van der Waals surface area contributed by atoms with Crippen LogP contribution in [0.4, 0.5) is 5.82 Å². The molecule has 0 aliphatic rings. The summed E-state index contributed by atoms with van der Waals surface area (Å²) in [5.74, 6) is 1.67. The van der Waals surface area contributed by atoms with Gasteiger partial charge in [-0.2, -0.15) is 0 Å². The van der Waals surface area contributed by atoms with Crippen LogP contribution < -0.4 is 5.32 Å². The number of aryl methyl sites for hydroxylation is 1. The predicted molar refractivity (Wildman–Crippen MR) is 88.6 cm³/mol. The van der Waals surface area contributed by atoms with E-state index in [4.69, 9.17) is 4.98 Å². The smallest absolute Gasteiger partial charge is 0.129 e. The van der Waals surface area contributed by atoms with Crippen LogP contribution >= 0.6 is 0 Å². The van der Waals surface area contributed by atoms with Gasteiger partial charge in [-0.25, -0.2) is 4.98 Å². The number of fused-ring (bicyclic) bond motifs is 1. The molecule has 1 atom stereocenters. The Morgan fingerprint density at radius 2 is 1.95 bits per heavy atom. The molecule has 108 valence electrons. The molecule has 1 heterocycles. The largest absolute Gasteiger partial charge is 0.370 e. The van der Waals surface area contributed by atoms with Gasteiger partial charge in [0.25, 0.3) is 0 Å². The van der Waals surface area contributed by atoms with Crippen LogP contribution in [0, 0.1) is 0 Å². The first-order chi connectivity index (χ1) is 9.69. The average Bonchev–Trinajstić information content (AvgIpc) is 2.50. The van der Waals surface area contributed by atoms with Crippen molar-refractivity contribution in [3.63, 3.8) is 0 Å². The zero-order valence-electron chi connectivity index (χ0n) is 13.2. The van der Waals surface area contributed by atoms with Gasteiger partial charge in [0.15, 0.2) is 0 Å². The Bertz CT molecular complexity index is 575. The molecule has 0 spiro atoms. The maximum atomic E-state index is 4.80. The number of nitrogens with zero attached hydrogens (tertiary/aromatic N) is 1. The third-order valence-corrected chi connectivity index (χ3v) is 4.02. The second-order valence-electron chi connectivity index (χ2n) is 5.54. The molecule has 2 aromatic rings. The van der Waals surface area contributed by atoms with E-state index in [1.807, 2.05) is 0 Å². The molecular formula is C18H26N2. The molecule has 0 fully saturated rings. The first-order valence-electron chi connectivity index (χ1n) is 7.87. The molecule has 2 heteroatoms. The quantitative estimate of drug-likeness (QED) is 0.786. The van der Waals surface area contributed by atoms with Gasteiger partial charge in [-0.15, -0.1) is 0 Å². The zero-order chi connectivity index (χ0) is 14.5. The van der Waals surface area contributed by atoms with Crippen molar-refractivity contribution in [1.29, 1.82) is 0 Å². The van der Waals surface area contributed by atoms with Crippen LogP contribution in [0.3, 0.4) is 0 Å². The van der Waals surface area contributed by atoms with Crippen molar-refractivity contribution in [2.45, 2.75) is 52.9 Å². The van der Waals surface area contributed by atoms with E-state index in [-0.39, 0.29) is 0 Å². The van der Waals surface area contributed by atoms with Gasteiger partial charge in [-0.1, -0.05) is 33.8 Å². The van der Waals surface area contributed by atoms with Crippen LogP contribution in [-0.2, 0) is 6.42 Å².